The number of hydrogen-bond acceptors (Lipinski definition) is 3. The number of nitrogens with one attached hydrogen (secondary N) is 2. The molecule has 1 fully saturated rings. The highest BCUT2D eigenvalue weighted by Gasteiger charge is 2.23. The van der Waals surface area contributed by atoms with E-state index in [1.54, 1.807) is 0 Å². The van der Waals surface area contributed by atoms with Gasteiger partial charge in [0.25, 0.3) is 0 Å². The molecule has 0 aromatic rings. The van der Waals surface area contributed by atoms with Gasteiger partial charge in [0.05, 0.1) is 5.60 Å². The van der Waals surface area contributed by atoms with Gasteiger partial charge in [-0.15, -0.1) is 0 Å². The van der Waals surface area contributed by atoms with Gasteiger partial charge in [-0.25, -0.2) is 0 Å². The molecule has 3 atom stereocenters. The summed E-state index contributed by atoms with van der Waals surface area (Å²) >= 11 is 0. The average molecular weight is 270 g/mol. The monoisotopic (exact) mass is 270 g/mol. The van der Waals surface area contributed by atoms with Crippen molar-refractivity contribution in [2.45, 2.75) is 83.9 Å². The van der Waals surface area contributed by atoms with Gasteiger partial charge in [-0.1, -0.05) is 26.7 Å². The van der Waals surface area contributed by atoms with Crippen LogP contribution in [0, 0.1) is 5.92 Å². The van der Waals surface area contributed by atoms with E-state index in [2.05, 4.69) is 31.4 Å². The van der Waals surface area contributed by atoms with E-state index in [4.69, 9.17) is 0 Å². The molecule has 3 unspecified atom stereocenters. The van der Waals surface area contributed by atoms with Gasteiger partial charge in [-0.05, 0) is 52.0 Å². The normalized spacial score (nSPS) is 25.9. The Morgan fingerprint density at radius 3 is 2.68 bits per heavy atom. The number of aliphatic hydroxyl groups is 1. The summed E-state index contributed by atoms with van der Waals surface area (Å²) < 4.78 is 0. The maximum atomic E-state index is 10.3. The molecule has 1 aliphatic rings. The van der Waals surface area contributed by atoms with Crippen molar-refractivity contribution in [2.75, 3.05) is 13.1 Å². The minimum atomic E-state index is -0.584. The molecule has 1 aliphatic heterocycles. The Morgan fingerprint density at radius 2 is 2.00 bits per heavy atom. The first kappa shape index (κ1) is 16.9. The summed E-state index contributed by atoms with van der Waals surface area (Å²) in [4.78, 5) is 0. The molecule has 0 aromatic carbocycles. The summed E-state index contributed by atoms with van der Waals surface area (Å²) in [5.74, 6) is 0.538. The minimum absolute atomic E-state index is 0.467. The second-order valence-electron chi connectivity index (χ2n) is 7.11. The van der Waals surface area contributed by atoms with Gasteiger partial charge < -0.3 is 15.7 Å². The third kappa shape index (κ3) is 7.91. The summed E-state index contributed by atoms with van der Waals surface area (Å²) in [7, 11) is 0. The molecule has 3 N–H and O–H groups in total. The first-order valence-corrected chi connectivity index (χ1v) is 8.08. The van der Waals surface area contributed by atoms with Crippen LogP contribution in [0.25, 0.3) is 0 Å². The van der Waals surface area contributed by atoms with Crippen LogP contribution < -0.4 is 10.6 Å². The quantitative estimate of drug-likeness (QED) is 0.666. The van der Waals surface area contributed by atoms with Gasteiger partial charge >= 0.3 is 0 Å². The Labute approximate surface area is 119 Å². The lowest BCUT2D eigenvalue weighted by molar-refractivity contribution is 0.0358. The van der Waals surface area contributed by atoms with E-state index < -0.39 is 5.60 Å². The largest absolute Gasteiger partial charge is 0.389 e. The molecule has 0 aliphatic carbocycles. The minimum Gasteiger partial charge on any atom is -0.389 e. The molecule has 1 heterocycles. The smallest absolute Gasteiger partial charge is 0.0746 e. The van der Waals surface area contributed by atoms with Crippen molar-refractivity contribution in [1.82, 2.24) is 10.6 Å². The molecule has 0 bridgehead atoms. The zero-order valence-corrected chi connectivity index (χ0v) is 13.3. The van der Waals surface area contributed by atoms with E-state index in [1.807, 2.05) is 6.92 Å². The first-order chi connectivity index (χ1) is 8.89. The van der Waals surface area contributed by atoms with Crippen LogP contribution in [0.2, 0.25) is 0 Å². The number of rotatable bonds is 7. The van der Waals surface area contributed by atoms with Crippen molar-refractivity contribution < 1.29 is 5.11 Å². The fourth-order valence-electron chi connectivity index (χ4n) is 3.16. The van der Waals surface area contributed by atoms with E-state index in [-0.39, 0.29) is 0 Å². The van der Waals surface area contributed by atoms with Gasteiger partial charge in [0.1, 0.15) is 0 Å². The summed E-state index contributed by atoms with van der Waals surface area (Å²) in [6.07, 6.45) is 7.37. The van der Waals surface area contributed by atoms with E-state index in [0.29, 0.717) is 24.5 Å². The molecule has 1 rings (SSSR count). The highest BCUT2D eigenvalue weighted by atomic mass is 16.3. The SMILES string of the molecule is CC(C)CC(C)(O)CNC(C)CC1CCCCCN1. The third-order valence-electron chi connectivity index (χ3n) is 3.98. The van der Waals surface area contributed by atoms with Crippen molar-refractivity contribution in [1.29, 1.82) is 0 Å². The lowest BCUT2D eigenvalue weighted by Gasteiger charge is -2.29. The van der Waals surface area contributed by atoms with Crippen LogP contribution in [0.3, 0.4) is 0 Å². The molecule has 0 spiro atoms. The molecule has 0 radical (unpaired) electrons. The van der Waals surface area contributed by atoms with Crippen LogP contribution in [0.15, 0.2) is 0 Å². The summed E-state index contributed by atoms with van der Waals surface area (Å²) in [5.41, 5.74) is -0.584. The Hall–Kier alpha value is -0.120. The zero-order valence-electron chi connectivity index (χ0n) is 13.3. The van der Waals surface area contributed by atoms with Crippen LogP contribution in [0.1, 0.15) is 66.2 Å². The van der Waals surface area contributed by atoms with E-state index in [1.165, 1.54) is 32.2 Å². The Bertz CT molecular complexity index is 233. The molecule has 0 aromatic heterocycles. The maximum Gasteiger partial charge on any atom is 0.0746 e. The third-order valence-corrected chi connectivity index (χ3v) is 3.98. The highest BCUT2D eigenvalue weighted by molar-refractivity contribution is 4.81. The van der Waals surface area contributed by atoms with Gasteiger partial charge in [0, 0.05) is 18.6 Å². The van der Waals surface area contributed by atoms with Crippen molar-refractivity contribution in [3.63, 3.8) is 0 Å². The first-order valence-electron chi connectivity index (χ1n) is 8.08. The molecular weight excluding hydrogens is 236 g/mol. The second kappa shape index (κ2) is 8.23. The van der Waals surface area contributed by atoms with E-state index in [0.717, 1.165) is 12.8 Å². The molecule has 3 nitrogen and oxygen atoms in total. The van der Waals surface area contributed by atoms with Crippen molar-refractivity contribution in [3.05, 3.63) is 0 Å². The van der Waals surface area contributed by atoms with Crippen LogP contribution in [0.4, 0.5) is 0 Å². The fraction of sp³-hybridized carbons (Fsp3) is 1.00. The molecular formula is C16H34N2O. The molecule has 1 saturated heterocycles. The van der Waals surface area contributed by atoms with Crippen LogP contribution in [0.5, 0.6) is 0 Å². The molecule has 114 valence electrons. The van der Waals surface area contributed by atoms with Gasteiger partial charge in [0.15, 0.2) is 0 Å². The van der Waals surface area contributed by atoms with Crippen molar-refractivity contribution in [2.24, 2.45) is 5.92 Å². The van der Waals surface area contributed by atoms with Crippen LogP contribution in [-0.4, -0.2) is 35.9 Å². The lowest BCUT2D eigenvalue weighted by Crippen LogP contribution is -2.44. The Balaban J connectivity index is 2.24. The number of hydrogen-bond donors (Lipinski definition) is 3. The van der Waals surface area contributed by atoms with E-state index in [9.17, 15) is 5.11 Å². The molecule has 19 heavy (non-hydrogen) atoms. The average Bonchev–Trinajstić information content (AvgIpc) is 2.53. The van der Waals surface area contributed by atoms with E-state index >= 15 is 0 Å². The van der Waals surface area contributed by atoms with Gasteiger partial charge in [-0.3, -0.25) is 0 Å². The summed E-state index contributed by atoms with van der Waals surface area (Å²) in [6.45, 7) is 10.4. The fourth-order valence-corrected chi connectivity index (χ4v) is 3.16. The standard InChI is InChI=1S/C16H34N2O/c1-13(2)11-16(4,19)12-18-14(3)10-15-8-6-5-7-9-17-15/h13-15,17-19H,5-12H2,1-4H3. The van der Waals surface area contributed by atoms with Gasteiger partial charge in [0.2, 0.25) is 0 Å². The van der Waals surface area contributed by atoms with Crippen molar-refractivity contribution >= 4 is 0 Å². The topological polar surface area (TPSA) is 44.3 Å². The highest BCUT2D eigenvalue weighted by Crippen LogP contribution is 2.16. The lowest BCUT2D eigenvalue weighted by atomic mass is 9.93. The maximum absolute atomic E-state index is 10.3. The Morgan fingerprint density at radius 1 is 1.26 bits per heavy atom. The predicted octanol–water partition coefficient (Wildman–Crippen LogP) is 2.68. The van der Waals surface area contributed by atoms with Crippen molar-refractivity contribution in [3.8, 4) is 0 Å². The molecule has 0 amide bonds. The predicted molar refractivity (Wildman–Crippen MR) is 82.4 cm³/mol. The van der Waals surface area contributed by atoms with Crippen LogP contribution >= 0.6 is 0 Å². The van der Waals surface area contributed by atoms with Gasteiger partial charge in [-0.2, -0.15) is 0 Å². The molecule has 3 heteroatoms. The Kier molecular flexibility index (Phi) is 7.33. The molecule has 0 saturated carbocycles. The zero-order chi connectivity index (χ0) is 14.3. The summed E-state index contributed by atoms with van der Waals surface area (Å²) in [5, 5.41) is 17.5. The summed E-state index contributed by atoms with van der Waals surface area (Å²) in [6, 6.07) is 1.12. The second-order valence-corrected chi connectivity index (χ2v) is 7.11. The van der Waals surface area contributed by atoms with Crippen LogP contribution in [-0.2, 0) is 0 Å².